The average Bonchev–Trinajstić information content (AvgIpc) is 3.09. The molecule has 0 unspecified atom stereocenters. The first-order chi connectivity index (χ1) is 8.81. The Bertz CT molecular complexity index is 475. The number of rotatable bonds is 5. The van der Waals surface area contributed by atoms with Gasteiger partial charge in [0.1, 0.15) is 5.69 Å². The Labute approximate surface area is 123 Å². The fourth-order valence-corrected chi connectivity index (χ4v) is 2.27. The average molecular weight is 328 g/mol. The molecule has 0 saturated heterocycles. The molecule has 0 atom stereocenters. The smallest absolute Gasteiger partial charge is 0.268 e. The van der Waals surface area contributed by atoms with Crippen molar-refractivity contribution < 1.29 is 4.79 Å². The van der Waals surface area contributed by atoms with Crippen LogP contribution in [0.3, 0.4) is 0 Å². The first kappa shape index (κ1) is 14.6. The molecule has 1 fully saturated rings. The molecule has 1 N–H and O–H groups in total. The quantitative estimate of drug-likeness (QED) is 0.902. The lowest BCUT2D eigenvalue weighted by Crippen LogP contribution is -2.48. The van der Waals surface area contributed by atoms with Crippen molar-refractivity contribution in [1.29, 1.82) is 0 Å². The highest BCUT2D eigenvalue weighted by Gasteiger charge is 2.28. The van der Waals surface area contributed by atoms with Gasteiger partial charge in [-0.25, -0.2) is 0 Å². The maximum Gasteiger partial charge on any atom is 0.268 e. The number of halogens is 1. The van der Waals surface area contributed by atoms with E-state index in [1.807, 2.05) is 26.4 Å². The van der Waals surface area contributed by atoms with Gasteiger partial charge < -0.3 is 14.8 Å². The molecular weight excluding hydrogens is 306 g/mol. The Morgan fingerprint density at radius 1 is 1.53 bits per heavy atom. The van der Waals surface area contributed by atoms with Crippen molar-refractivity contribution in [2.24, 2.45) is 0 Å². The molecule has 0 bridgehead atoms. The summed E-state index contributed by atoms with van der Waals surface area (Å²) in [5.74, 6) is 0.00697. The molecule has 0 aromatic carbocycles. The predicted octanol–water partition coefficient (Wildman–Crippen LogP) is 2.66. The third-order valence-corrected chi connectivity index (χ3v) is 4.31. The predicted molar refractivity (Wildman–Crippen MR) is 80.5 cm³/mol. The van der Waals surface area contributed by atoms with Crippen LogP contribution in [0.1, 0.15) is 43.2 Å². The highest BCUT2D eigenvalue weighted by molar-refractivity contribution is 9.10. The summed E-state index contributed by atoms with van der Waals surface area (Å²) in [4.78, 5) is 14.4. The van der Waals surface area contributed by atoms with E-state index in [9.17, 15) is 4.79 Å². The third-order valence-electron chi connectivity index (χ3n) is 3.88. The number of nitrogens with one attached hydrogen (secondary N) is 1. The minimum atomic E-state index is -0.0517. The zero-order valence-electron chi connectivity index (χ0n) is 12.0. The van der Waals surface area contributed by atoms with Gasteiger partial charge in [-0.05, 0) is 62.8 Å². The molecule has 0 spiro atoms. The highest BCUT2D eigenvalue weighted by atomic mass is 79.9. The number of aromatic nitrogens is 1. The molecule has 1 heterocycles. The molecule has 1 saturated carbocycles. The summed E-state index contributed by atoms with van der Waals surface area (Å²) >= 11 is 3.45. The van der Waals surface area contributed by atoms with Crippen molar-refractivity contribution in [3.63, 3.8) is 0 Å². The largest absolute Gasteiger partial charge is 0.349 e. The summed E-state index contributed by atoms with van der Waals surface area (Å²) in [5.41, 5.74) is 0.702. The van der Waals surface area contributed by atoms with E-state index in [4.69, 9.17) is 0 Å². The number of carbonyl (C=O) groups excluding carboxylic acids is 1. The molecule has 106 valence electrons. The van der Waals surface area contributed by atoms with E-state index in [1.54, 1.807) is 0 Å². The Morgan fingerprint density at radius 3 is 2.68 bits per heavy atom. The lowest BCUT2D eigenvalue weighted by atomic mass is 10.0. The van der Waals surface area contributed by atoms with Crippen LogP contribution in [0.25, 0.3) is 0 Å². The van der Waals surface area contributed by atoms with Gasteiger partial charge in [-0.2, -0.15) is 0 Å². The maximum atomic E-state index is 12.3. The van der Waals surface area contributed by atoms with Crippen LogP contribution in [0.5, 0.6) is 0 Å². The molecule has 1 amide bonds. The van der Waals surface area contributed by atoms with Gasteiger partial charge in [0.05, 0.1) is 0 Å². The zero-order chi connectivity index (χ0) is 14.2. The summed E-state index contributed by atoms with van der Waals surface area (Å²) in [6.45, 7) is 4.86. The molecule has 1 aromatic rings. The van der Waals surface area contributed by atoms with Gasteiger partial charge in [0, 0.05) is 28.8 Å². The first-order valence-corrected chi connectivity index (χ1v) is 7.43. The second-order valence-electron chi connectivity index (χ2n) is 6.07. The number of nitrogens with zero attached hydrogens (tertiary/aromatic N) is 2. The highest BCUT2D eigenvalue weighted by Crippen LogP contribution is 2.37. The second kappa shape index (κ2) is 5.29. The molecule has 1 aliphatic rings. The minimum absolute atomic E-state index is 0.00697. The van der Waals surface area contributed by atoms with Crippen molar-refractivity contribution in [3.05, 3.63) is 22.4 Å². The van der Waals surface area contributed by atoms with Gasteiger partial charge in [0.25, 0.3) is 5.91 Å². The van der Waals surface area contributed by atoms with Gasteiger partial charge in [-0.15, -0.1) is 0 Å². The summed E-state index contributed by atoms with van der Waals surface area (Å²) in [7, 11) is 4.05. The number of carbonyl (C=O) groups is 1. The van der Waals surface area contributed by atoms with Crippen molar-refractivity contribution in [2.75, 3.05) is 20.6 Å². The van der Waals surface area contributed by atoms with Crippen LogP contribution in [-0.4, -0.2) is 41.6 Å². The maximum absolute atomic E-state index is 12.3. The molecule has 2 rings (SSSR count). The normalized spacial score (nSPS) is 15.9. The molecule has 1 aromatic heterocycles. The van der Waals surface area contributed by atoms with Gasteiger partial charge in [-0.3, -0.25) is 4.79 Å². The topological polar surface area (TPSA) is 37.3 Å². The van der Waals surface area contributed by atoms with Crippen molar-refractivity contribution in [2.45, 2.75) is 38.3 Å². The van der Waals surface area contributed by atoms with Crippen molar-refractivity contribution in [1.82, 2.24) is 14.8 Å². The molecule has 4 nitrogen and oxygen atoms in total. The Morgan fingerprint density at radius 2 is 2.16 bits per heavy atom. The zero-order valence-corrected chi connectivity index (χ0v) is 13.6. The van der Waals surface area contributed by atoms with Gasteiger partial charge in [0.15, 0.2) is 0 Å². The summed E-state index contributed by atoms with van der Waals surface area (Å²) in [6, 6.07) is 2.41. The first-order valence-electron chi connectivity index (χ1n) is 6.64. The lowest BCUT2D eigenvalue weighted by Gasteiger charge is -2.32. The standard InChI is InChI=1S/C14H22BrN3O/c1-14(2,17(3)4)9-16-13(19)12-7-10(15)8-18(12)11-5-6-11/h7-8,11H,5-6,9H2,1-4H3,(H,16,19). The summed E-state index contributed by atoms with van der Waals surface area (Å²) in [6.07, 6.45) is 4.35. The van der Waals surface area contributed by atoms with E-state index >= 15 is 0 Å². The Balaban J connectivity index is 2.04. The summed E-state index contributed by atoms with van der Waals surface area (Å²) < 4.78 is 3.05. The third kappa shape index (κ3) is 3.39. The fourth-order valence-electron chi connectivity index (χ4n) is 1.83. The van der Waals surface area contributed by atoms with Crippen LogP contribution in [0.15, 0.2) is 16.7 Å². The van der Waals surface area contributed by atoms with E-state index in [-0.39, 0.29) is 11.4 Å². The van der Waals surface area contributed by atoms with Gasteiger partial charge in [-0.1, -0.05) is 0 Å². The van der Waals surface area contributed by atoms with Crippen LogP contribution in [0.4, 0.5) is 0 Å². The minimum Gasteiger partial charge on any atom is -0.349 e. The molecule has 0 radical (unpaired) electrons. The second-order valence-corrected chi connectivity index (χ2v) is 6.99. The van der Waals surface area contributed by atoms with Crippen LogP contribution in [0, 0.1) is 0 Å². The monoisotopic (exact) mass is 327 g/mol. The van der Waals surface area contributed by atoms with Crippen LogP contribution in [0.2, 0.25) is 0 Å². The van der Waals surface area contributed by atoms with E-state index in [0.29, 0.717) is 12.6 Å². The van der Waals surface area contributed by atoms with Gasteiger partial charge >= 0.3 is 0 Å². The number of likely N-dealkylation sites (N-methyl/N-ethyl adjacent to an activating group) is 1. The van der Waals surface area contributed by atoms with Crippen molar-refractivity contribution in [3.8, 4) is 0 Å². The molecule has 5 heteroatoms. The molecule has 1 aliphatic carbocycles. The Hall–Kier alpha value is -0.810. The Kier molecular flexibility index (Phi) is 4.06. The molecular formula is C14H22BrN3O. The summed E-state index contributed by atoms with van der Waals surface area (Å²) in [5, 5.41) is 3.03. The lowest BCUT2D eigenvalue weighted by molar-refractivity contribution is 0.0910. The SMILES string of the molecule is CN(C)C(C)(C)CNC(=O)c1cc(Br)cn1C1CC1. The van der Waals surface area contributed by atoms with Crippen LogP contribution < -0.4 is 5.32 Å². The molecule has 19 heavy (non-hydrogen) atoms. The van der Waals surface area contributed by atoms with Crippen LogP contribution >= 0.6 is 15.9 Å². The van der Waals surface area contributed by atoms with E-state index in [1.165, 1.54) is 12.8 Å². The number of hydrogen-bond acceptors (Lipinski definition) is 2. The van der Waals surface area contributed by atoms with Crippen molar-refractivity contribution >= 4 is 21.8 Å². The fraction of sp³-hybridized carbons (Fsp3) is 0.643. The van der Waals surface area contributed by atoms with Crippen LogP contribution in [-0.2, 0) is 0 Å². The number of amides is 1. The molecule has 0 aliphatic heterocycles. The van der Waals surface area contributed by atoms with Gasteiger partial charge in [0.2, 0.25) is 0 Å². The van der Waals surface area contributed by atoms with E-state index in [0.717, 1.165) is 10.2 Å². The number of hydrogen-bond donors (Lipinski definition) is 1. The van der Waals surface area contributed by atoms with E-state index < -0.39 is 0 Å². The van der Waals surface area contributed by atoms with E-state index in [2.05, 4.69) is 44.6 Å².